The first kappa shape index (κ1) is 12.6. The Bertz CT molecular complexity index is 315. The van der Waals surface area contributed by atoms with E-state index in [1.165, 1.54) is 12.8 Å². The molecule has 1 atom stereocenters. The van der Waals surface area contributed by atoms with E-state index in [2.05, 4.69) is 24.1 Å². The Hall–Kier alpha value is -0.470. The molecule has 1 unspecified atom stereocenters. The van der Waals surface area contributed by atoms with Crippen LogP contribution in [0.25, 0.3) is 0 Å². The van der Waals surface area contributed by atoms with Crippen molar-refractivity contribution in [3.05, 3.63) is 22.3 Å². The van der Waals surface area contributed by atoms with Gasteiger partial charge in [0.15, 0.2) is 0 Å². The monoisotopic (exact) mass is 246 g/mol. The lowest BCUT2D eigenvalue weighted by Gasteiger charge is -2.14. The molecule has 0 saturated heterocycles. The van der Waals surface area contributed by atoms with Crippen molar-refractivity contribution in [2.75, 3.05) is 5.32 Å². The first-order valence-corrected chi connectivity index (χ1v) is 5.96. The second-order valence-corrected chi connectivity index (χ2v) is 4.52. The molecule has 1 aromatic rings. The van der Waals surface area contributed by atoms with Crippen LogP contribution in [-0.2, 0) is 0 Å². The van der Waals surface area contributed by atoms with Gasteiger partial charge in [-0.15, -0.1) is 0 Å². The zero-order chi connectivity index (χ0) is 11.3. The summed E-state index contributed by atoms with van der Waals surface area (Å²) in [6.45, 7) is 4.31. The van der Waals surface area contributed by atoms with E-state index in [4.69, 9.17) is 23.2 Å². The average molecular weight is 247 g/mol. The van der Waals surface area contributed by atoms with Crippen LogP contribution < -0.4 is 5.32 Å². The van der Waals surface area contributed by atoms with Gasteiger partial charge in [-0.25, -0.2) is 4.98 Å². The number of hydrogen-bond donors (Lipinski definition) is 1. The van der Waals surface area contributed by atoms with Crippen LogP contribution in [0.2, 0.25) is 10.0 Å². The molecule has 0 aliphatic rings. The largest absolute Gasteiger partial charge is 0.366 e. The highest BCUT2D eigenvalue weighted by molar-refractivity contribution is 6.35. The van der Waals surface area contributed by atoms with Crippen LogP contribution in [0.3, 0.4) is 0 Å². The van der Waals surface area contributed by atoms with Crippen LogP contribution in [0.1, 0.15) is 33.1 Å². The minimum absolute atomic E-state index is 0.385. The molecular formula is C11H16Cl2N2. The lowest BCUT2D eigenvalue weighted by molar-refractivity contribution is 0.643. The van der Waals surface area contributed by atoms with Crippen molar-refractivity contribution in [1.29, 1.82) is 0 Å². The van der Waals surface area contributed by atoms with Crippen molar-refractivity contribution in [2.45, 2.75) is 39.2 Å². The fourth-order valence-corrected chi connectivity index (χ4v) is 1.77. The van der Waals surface area contributed by atoms with Crippen LogP contribution in [-0.4, -0.2) is 11.0 Å². The Morgan fingerprint density at radius 1 is 1.47 bits per heavy atom. The number of unbranched alkanes of at least 4 members (excludes halogenated alkanes) is 1. The number of nitrogens with zero attached hydrogens (tertiary/aromatic N) is 1. The molecule has 0 aliphatic carbocycles. The van der Waals surface area contributed by atoms with E-state index in [0.717, 1.165) is 6.42 Å². The molecule has 1 heterocycles. The van der Waals surface area contributed by atoms with Crippen LogP contribution in [0, 0.1) is 0 Å². The summed E-state index contributed by atoms with van der Waals surface area (Å²) in [6, 6.07) is 2.08. The van der Waals surface area contributed by atoms with E-state index in [-0.39, 0.29) is 0 Å². The molecule has 0 aromatic carbocycles. The molecule has 0 saturated carbocycles. The van der Waals surface area contributed by atoms with E-state index in [1.807, 2.05) is 0 Å². The van der Waals surface area contributed by atoms with Crippen LogP contribution in [0.15, 0.2) is 12.3 Å². The molecule has 15 heavy (non-hydrogen) atoms. The summed E-state index contributed by atoms with van der Waals surface area (Å²) in [7, 11) is 0. The molecule has 0 aliphatic heterocycles. The summed E-state index contributed by atoms with van der Waals surface area (Å²) in [4.78, 5) is 4.15. The number of rotatable bonds is 5. The van der Waals surface area contributed by atoms with Crippen molar-refractivity contribution < 1.29 is 0 Å². The summed E-state index contributed by atoms with van der Waals surface area (Å²) in [5, 5.41) is 4.41. The molecule has 0 bridgehead atoms. The van der Waals surface area contributed by atoms with Crippen molar-refractivity contribution in [2.24, 2.45) is 0 Å². The Kier molecular flexibility index (Phi) is 5.20. The third-order valence-electron chi connectivity index (χ3n) is 2.18. The molecule has 0 amide bonds. The van der Waals surface area contributed by atoms with Crippen LogP contribution in [0.5, 0.6) is 0 Å². The Balaban J connectivity index is 2.56. The second-order valence-electron chi connectivity index (χ2n) is 3.67. The highest BCUT2D eigenvalue weighted by Crippen LogP contribution is 2.23. The third kappa shape index (κ3) is 4.27. The predicted molar refractivity (Wildman–Crippen MR) is 66.9 cm³/mol. The Labute approximate surface area is 101 Å². The van der Waals surface area contributed by atoms with Crippen molar-refractivity contribution >= 4 is 29.0 Å². The van der Waals surface area contributed by atoms with E-state index in [1.54, 1.807) is 12.3 Å². The zero-order valence-electron chi connectivity index (χ0n) is 9.06. The number of aromatic nitrogens is 1. The topological polar surface area (TPSA) is 24.9 Å². The van der Waals surface area contributed by atoms with Crippen LogP contribution in [0.4, 0.5) is 5.82 Å². The summed E-state index contributed by atoms with van der Waals surface area (Å²) in [5.74, 6) is 0.713. The lowest BCUT2D eigenvalue weighted by atomic mass is 10.1. The molecule has 1 aromatic heterocycles. The average Bonchev–Trinajstić information content (AvgIpc) is 2.19. The fraction of sp³-hybridized carbons (Fsp3) is 0.545. The second kappa shape index (κ2) is 6.19. The van der Waals surface area contributed by atoms with Crippen LogP contribution >= 0.6 is 23.2 Å². The smallest absolute Gasteiger partial charge is 0.145 e. The molecule has 0 radical (unpaired) electrons. The summed E-state index contributed by atoms with van der Waals surface area (Å²) >= 11 is 11.8. The quantitative estimate of drug-likeness (QED) is 0.835. The van der Waals surface area contributed by atoms with Gasteiger partial charge >= 0.3 is 0 Å². The fourth-order valence-electron chi connectivity index (χ4n) is 1.34. The molecule has 1 rings (SSSR count). The van der Waals surface area contributed by atoms with Gasteiger partial charge < -0.3 is 5.32 Å². The SMILES string of the molecule is CCCCC(C)Nc1ncc(Cl)cc1Cl. The molecule has 2 nitrogen and oxygen atoms in total. The maximum atomic E-state index is 6.00. The molecular weight excluding hydrogens is 231 g/mol. The zero-order valence-corrected chi connectivity index (χ0v) is 10.6. The standard InChI is InChI=1S/C11H16Cl2N2/c1-3-4-5-8(2)15-11-10(13)6-9(12)7-14-11/h6-8H,3-5H2,1-2H3,(H,14,15). The minimum Gasteiger partial charge on any atom is -0.366 e. The van der Waals surface area contributed by atoms with Gasteiger partial charge in [0.25, 0.3) is 0 Å². The highest BCUT2D eigenvalue weighted by Gasteiger charge is 2.06. The van der Waals surface area contributed by atoms with E-state index >= 15 is 0 Å². The maximum absolute atomic E-state index is 6.00. The lowest BCUT2D eigenvalue weighted by Crippen LogP contribution is -2.15. The molecule has 0 spiro atoms. The van der Waals surface area contributed by atoms with E-state index in [9.17, 15) is 0 Å². The predicted octanol–water partition coefficient (Wildman–Crippen LogP) is 4.38. The molecule has 1 N–H and O–H groups in total. The number of anilines is 1. The van der Waals surface area contributed by atoms with Gasteiger partial charge in [0.2, 0.25) is 0 Å². The van der Waals surface area contributed by atoms with Gasteiger partial charge in [-0.1, -0.05) is 43.0 Å². The Morgan fingerprint density at radius 2 is 2.20 bits per heavy atom. The first-order valence-electron chi connectivity index (χ1n) is 5.21. The molecule has 84 valence electrons. The van der Waals surface area contributed by atoms with Crippen molar-refractivity contribution in [3.8, 4) is 0 Å². The molecule has 4 heteroatoms. The Morgan fingerprint density at radius 3 is 2.80 bits per heavy atom. The van der Waals surface area contributed by atoms with Gasteiger partial charge in [0, 0.05) is 12.2 Å². The maximum Gasteiger partial charge on any atom is 0.145 e. The number of pyridine rings is 1. The van der Waals surface area contributed by atoms with Crippen molar-refractivity contribution in [3.63, 3.8) is 0 Å². The van der Waals surface area contributed by atoms with Gasteiger partial charge in [-0.2, -0.15) is 0 Å². The first-order chi connectivity index (χ1) is 7.13. The van der Waals surface area contributed by atoms with Gasteiger partial charge in [-0.3, -0.25) is 0 Å². The summed E-state index contributed by atoms with van der Waals surface area (Å²) < 4.78 is 0. The summed E-state index contributed by atoms with van der Waals surface area (Å²) in [6.07, 6.45) is 5.13. The number of nitrogens with one attached hydrogen (secondary N) is 1. The molecule has 0 fully saturated rings. The van der Waals surface area contributed by atoms with E-state index in [0.29, 0.717) is 21.9 Å². The minimum atomic E-state index is 0.385. The number of halogens is 2. The number of hydrogen-bond acceptors (Lipinski definition) is 2. The normalized spacial score (nSPS) is 12.5. The third-order valence-corrected chi connectivity index (χ3v) is 2.68. The van der Waals surface area contributed by atoms with Crippen molar-refractivity contribution in [1.82, 2.24) is 4.98 Å². The van der Waals surface area contributed by atoms with Gasteiger partial charge in [0.1, 0.15) is 5.82 Å². The van der Waals surface area contributed by atoms with E-state index < -0.39 is 0 Å². The highest BCUT2D eigenvalue weighted by atomic mass is 35.5. The van der Waals surface area contributed by atoms with Gasteiger partial charge in [0.05, 0.1) is 10.0 Å². The summed E-state index contributed by atoms with van der Waals surface area (Å²) in [5.41, 5.74) is 0. The van der Waals surface area contributed by atoms with Gasteiger partial charge in [-0.05, 0) is 19.4 Å².